The molecule has 6 nitrogen and oxygen atoms in total. The van der Waals surface area contributed by atoms with Crippen LogP contribution in [-0.2, 0) is 35.6 Å². The Morgan fingerprint density at radius 2 is 1.54 bits per heavy atom. The molecule has 4 aromatic rings. The number of aliphatic hydroxyl groups excluding tert-OH is 2. The van der Waals surface area contributed by atoms with E-state index in [9.17, 15) is 24.2 Å². The second-order valence-electron chi connectivity index (χ2n) is 9.38. The Balaban J connectivity index is 1.28. The molecule has 0 spiro atoms. The molecule has 1 aliphatic carbocycles. The van der Waals surface area contributed by atoms with Gasteiger partial charge in [0.25, 0.3) is 0 Å². The molecule has 0 aliphatic heterocycles. The van der Waals surface area contributed by atoms with Gasteiger partial charge in [-0.05, 0) is 71.5 Å². The van der Waals surface area contributed by atoms with Crippen LogP contribution in [0.5, 0.6) is 11.5 Å². The van der Waals surface area contributed by atoms with Crippen molar-refractivity contribution in [3.63, 3.8) is 0 Å². The van der Waals surface area contributed by atoms with Gasteiger partial charge >= 0.3 is 0 Å². The number of hydrogen-bond acceptors (Lipinski definition) is 6. The third-order valence-corrected chi connectivity index (χ3v) is 7.01. The lowest BCUT2D eigenvalue weighted by atomic mass is 9.88. The first-order chi connectivity index (χ1) is 17.9. The van der Waals surface area contributed by atoms with Gasteiger partial charge in [0.05, 0.1) is 24.1 Å². The van der Waals surface area contributed by atoms with Gasteiger partial charge < -0.3 is 14.9 Å². The molecule has 5 rings (SSSR count). The minimum atomic E-state index is -1.01. The number of pyridine rings is 1. The molecule has 0 bridgehead atoms. The normalized spacial score (nSPS) is 13.9. The Kier molecular flexibility index (Phi) is 6.82. The van der Waals surface area contributed by atoms with E-state index in [1.54, 1.807) is 66.9 Å². The van der Waals surface area contributed by atoms with Crippen LogP contribution in [0.3, 0.4) is 0 Å². The van der Waals surface area contributed by atoms with Crippen molar-refractivity contribution in [2.24, 2.45) is 5.41 Å². The van der Waals surface area contributed by atoms with Crippen molar-refractivity contribution >= 4 is 22.5 Å². The summed E-state index contributed by atoms with van der Waals surface area (Å²) in [7, 11) is 0. The predicted molar refractivity (Wildman–Crippen MR) is 136 cm³/mol. The van der Waals surface area contributed by atoms with Crippen molar-refractivity contribution < 1.29 is 28.9 Å². The van der Waals surface area contributed by atoms with Crippen LogP contribution >= 0.6 is 0 Å². The number of aromatic nitrogens is 1. The van der Waals surface area contributed by atoms with Gasteiger partial charge in [-0.3, -0.25) is 14.6 Å². The number of ketones is 2. The zero-order valence-corrected chi connectivity index (χ0v) is 20.1. The number of nitrogens with zero attached hydrogens (tertiary/aromatic N) is 1. The largest absolute Gasteiger partial charge is 0.457 e. The summed E-state index contributed by atoms with van der Waals surface area (Å²) in [6.45, 7) is -0.415. The van der Waals surface area contributed by atoms with Crippen LogP contribution in [0.4, 0.5) is 4.39 Å². The Morgan fingerprint density at radius 1 is 0.865 bits per heavy atom. The van der Waals surface area contributed by atoms with Gasteiger partial charge in [-0.15, -0.1) is 0 Å². The van der Waals surface area contributed by atoms with Crippen LogP contribution in [0, 0.1) is 11.2 Å². The number of rotatable bonds is 10. The summed E-state index contributed by atoms with van der Waals surface area (Å²) >= 11 is 0. The Bertz CT molecular complexity index is 1480. The van der Waals surface area contributed by atoms with Crippen molar-refractivity contribution in [1.29, 1.82) is 0 Å². The average Bonchev–Trinajstić information content (AvgIpc) is 3.73. The molecule has 2 N–H and O–H groups in total. The van der Waals surface area contributed by atoms with Gasteiger partial charge in [0.1, 0.15) is 17.3 Å². The lowest BCUT2D eigenvalue weighted by Gasteiger charge is -2.14. The molecule has 0 radical (unpaired) electrons. The molecule has 0 amide bonds. The first kappa shape index (κ1) is 24.7. The molecular formula is C30H26FNO5. The van der Waals surface area contributed by atoms with Crippen LogP contribution in [0.2, 0.25) is 0 Å². The quantitative estimate of drug-likeness (QED) is 0.303. The van der Waals surface area contributed by atoms with Gasteiger partial charge in [-0.2, -0.15) is 0 Å². The molecule has 7 heteroatoms. The zero-order valence-electron chi connectivity index (χ0n) is 20.1. The summed E-state index contributed by atoms with van der Waals surface area (Å²) in [6.07, 6.45) is 2.65. The minimum Gasteiger partial charge on any atom is -0.457 e. The highest BCUT2D eigenvalue weighted by molar-refractivity contribution is 6.11. The topological polar surface area (TPSA) is 96.7 Å². The molecule has 1 heterocycles. The summed E-state index contributed by atoms with van der Waals surface area (Å²) in [5.74, 6) is 0.302. The van der Waals surface area contributed by atoms with E-state index in [-0.39, 0.29) is 37.6 Å². The van der Waals surface area contributed by atoms with Gasteiger partial charge in [0.2, 0.25) is 0 Å². The maximum Gasteiger partial charge on any atom is 0.150 e. The van der Waals surface area contributed by atoms with Crippen LogP contribution < -0.4 is 4.74 Å². The molecule has 1 saturated carbocycles. The van der Waals surface area contributed by atoms with E-state index in [1.165, 1.54) is 6.07 Å². The minimum absolute atomic E-state index is 0.0805. The van der Waals surface area contributed by atoms with Gasteiger partial charge in [-0.25, -0.2) is 4.39 Å². The molecule has 188 valence electrons. The number of ether oxygens (including phenoxy) is 1. The summed E-state index contributed by atoms with van der Waals surface area (Å²) in [5.41, 5.74) is 1.91. The number of Topliss-reactive ketones (excluding diaryl/α,β-unsaturated/α-hetero) is 2. The summed E-state index contributed by atoms with van der Waals surface area (Å²) < 4.78 is 20.0. The van der Waals surface area contributed by atoms with Crippen LogP contribution in [0.25, 0.3) is 10.9 Å². The molecule has 0 unspecified atom stereocenters. The Hall–Kier alpha value is -3.94. The van der Waals surface area contributed by atoms with E-state index >= 15 is 0 Å². The average molecular weight is 500 g/mol. The monoisotopic (exact) mass is 499 g/mol. The Labute approximate surface area is 213 Å². The first-order valence-corrected chi connectivity index (χ1v) is 12.1. The molecule has 1 aliphatic rings. The number of carbonyl (C=O) groups is 2. The lowest BCUT2D eigenvalue weighted by molar-refractivity contribution is -0.133. The fourth-order valence-corrected chi connectivity index (χ4v) is 4.62. The maximum absolute atomic E-state index is 14.0. The second-order valence-corrected chi connectivity index (χ2v) is 9.38. The van der Waals surface area contributed by atoms with E-state index in [2.05, 4.69) is 4.98 Å². The first-order valence-electron chi connectivity index (χ1n) is 12.1. The Morgan fingerprint density at radius 3 is 2.22 bits per heavy atom. The molecule has 1 fully saturated rings. The van der Waals surface area contributed by atoms with Crippen LogP contribution in [0.15, 0.2) is 72.9 Å². The van der Waals surface area contributed by atoms with Crippen molar-refractivity contribution in [3.05, 3.63) is 101 Å². The summed E-state index contributed by atoms with van der Waals surface area (Å²) in [4.78, 5) is 30.3. The second kappa shape index (κ2) is 10.2. The van der Waals surface area contributed by atoms with Gasteiger partial charge in [0, 0.05) is 24.4 Å². The number of carbonyl (C=O) groups excluding carboxylic acids is 2. The van der Waals surface area contributed by atoms with Crippen molar-refractivity contribution in [2.45, 2.75) is 38.9 Å². The molecule has 0 saturated heterocycles. The zero-order chi connectivity index (χ0) is 26.0. The third kappa shape index (κ3) is 5.01. The summed E-state index contributed by atoms with van der Waals surface area (Å²) in [5, 5.41) is 19.9. The number of benzene rings is 3. The number of hydrogen-bond donors (Lipinski definition) is 2. The highest BCUT2D eigenvalue weighted by atomic mass is 19.1. The van der Waals surface area contributed by atoms with Gasteiger partial charge in [-0.1, -0.05) is 30.3 Å². The predicted octanol–water partition coefficient (Wildman–Crippen LogP) is 4.85. The lowest BCUT2D eigenvalue weighted by Crippen LogP contribution is -2.29. The standard InChI is InChI=1S/C30H26FNO5/c31-25-4-2-1-3-20(25)16-29(36)30(10-11-30)28(35)13-19-5-7-23(8-6-19)37-27-9-12-32-26-15-22(18-34)21(17-33)14-24(26)27/h1-9,12,14-15,33-34H,10-11,13,16-18H2. The number of aliphatic hydroxyl groups is 2. The van der Waals surface area contributed by atoms with Gasteiger partial charge in [0.15, 0.2) is 11.6 Å². The molecule has 1 aromatic heterocycles. The maximum atomic E-state index is 14.0. The van der Waals surface area contributed by atoms with E-state index in [0.717, 1.165) is 5.56 Å². The fraction of sp³-hybridized carbons (Fsp3) is 0.233. The highest BCUT2D eigenvalue weighted by Crippen LogP contribution is 2.49. The van der Waals surface area contributed by atoms with E-state index < -0.39 is 11.2 Å². The van der Waals surface area contributed by atoms with E-state index in [4.69, 9.17) is 4.74 Å². The third-order valence-electron chi connectivity index (χ3n) is 7.01. The van der Waals surface area contributed by atoms with Crippen molar-refractivity contribution in [2.75, 3.05) is 0 Å². The number of halogens is 1. The fourth-order valence-electron chi connectivity index (χ4n) is 4.62. The summed E-state index contributed by atoms with van der Waals surface area (Å²) in [6, 6.07) is 18.4. The van der Waals surface area contributed by atoms with Crippen LogP contribution in [0.1, 0.15) is 35.1 Å². The highest BCUT2D eigenvalue weighted by Gasteiger charge is 2.54. The molecule has 0 atom stereocenters. The van der Waals surface area contributed by atoms with Crippen molar-refractivity contribution in [3.8, 4) is 11.5 Å². The van der Waals surface area contributed by atoms with E-state index in [0.29, 0.717) is 51.9 Å². The van der Waals surface area contributed by atoms with Crippen molar-refractivity contribution in [1.82, 2.24) is 4.98 Å². The molecular weight excluding hydrogens is 473 g/mol. The van der Waals surface area contributed by atoms with Crippen LogP contribution in [-0.4, -0.2) is 26.8 Å². The number of fused-ring (bicyclic) bond motifs is 1. The van der Waals surface area contributed by atoms with E-state index in [1.807, 2.05) is 0 Å². The molecule has 3 aromatic carbocycles. The SMILES string of the molecule is O=C(Cc1ccc(Oc2ccnc3cc(CO)c(CO)cc23)cc1)C1(C(=O)Cc2ccccc2F)CC1. The smallest absolute Gasteiger partial charge is 0.150 e. The molecule has 37 heavy (non-hydrogen) atoms.